The molecule has 4 nitrogen and oxygen atoms in total. The number of carbonyl (C=O) groups is 1. The van der Waals surface area contributed by atoms with Crippen LogP contribution < -0.4 is 10.1 Å². The van der Waals surface area contributed by atoms with Gasteiger partial charge in [0.05, 0.1) is 13.0 Å². The van der Waals surface area contributed by atoms with Crippen LogP contribution in [0.2, 0.25) is 0 Å². The highest BCUT2D eigenvalue weighted by Crippen LogP contribution is 2.34. The Hall–Kier alpha value is -1.07. The van der Waals surface area contributed by atoms with Crippen LogP contribution in [0.25, 0.3) is 0 Å². The quantitative estimate of drug-likeness (QED) is 0.898. The maximum absolute atomic E-state index is 10.9. The summed E-state index contributed by atoms with van der Waals surface area (Å²) in [5.74, 6) is -0.263. The minimum Gasteiger partial charge on any atom is -0.497 e. The Morgan fingerprint density at radius 2 is 2.35 bits per heavy atom. The molecule has 1 aromatic rings. The number of aliphatic carboxylic acids is 1. The third-order valence-electron chi connectivity index (χ3n) is 3.06. The summed E-state index contributed by atoms with van der Waals surface area (Å²) in [5.41, 5.74) is 1.05. The fraction of sp³-hybridized carbons (Fsp3) is 0.417. The molecule has 0 bridgehead atoms. The fourth-order valence-electron chi connectivity index (χ4n) is 2.08. The van der Waals surface area contributed by atoms with E-state index in [-0.39, 0.29) is 12.0 Å². The smallest absolute Gasteiger partial charge is 0.307 e. The summed E-state index contributed by atoms with van der Waals surface area (Å²) >= 11 is 3.48. The molecule has 92 valence electrons. The van der Waals surface area contributed by atoms with Crippen LogP contribution in [0.1, 0.15) is 18.0 Å². The minimum absolute atomic E-state index is 0.0700. The first-order chi connectivity index (χ1) is 8.11. The number of carboxylic acid groups (broad SMARTS) is 1. The summed E-state index contributed by atoms with van der Waals surface area (Å²) in [5, 5.41) is 12.2. The molecule has 0 spiro atoms. The Morgan fingerprint density at radius 1 is 1.59 bits per heavy atom. The van der Waals surface area contributed by atoms with Crippen LogP contribution in [-0.4, -0.2) is 24.7 Å². The van der Waals surface area contributed by atoms with E-state index in [2.05, 4.69) is 21.2 Å². The van der Waals surface area contributed by atoms with Crippen molar-refractivity contribution in [1.29, 1.82) is 0 Å². The second kappa shape index (κ2) is 5.06. The summed E-state index contributed by atoms with van der Waals surface area (Å²) in [6, 6.07) is 5.80. The highest BCUT2D eigenvalue weighted by atomic mass is 79.9. The Labute approximate surface area is 108 Å². The molecule has 5 heteroatoms. The molecular formula is C12H14BrNO3. The van der Waals surface area contributed by atoms with Gasteiger partial charge in [0.25, 0.3) is 0 Å². The molecule has 1 aliphatic heterocycles. The number of ether oxygens (including phenoxy) is 1. The molecule has 1 heterocycles. The summed E-state index contributed by atoms with van der Waals surface area (Å²) in [6.07, 6.45) is 0.612. The number of carboxylic acids is 1. The van der Waals surface area contributed by atoms with Gasteiger partial charge in [0.15, 0.2) is 0 Å². The van der Waals surface area contributed by atoms with Gasteiger partial charge in [0.2, 0.25) is 0 Å². The zero-order valence-corrected chi connectivity index (χ0v) is 11.0. The molecule has 0 aromatic heterocycles. The molecule has 0 aliphatic carbocycles. The zero-order valence-electron chi connectivity index (χ0n) is 9.44. The van der Waals surface area contributed by atoms with E-state index in [1.165, 1.54) is 0 Å². The number of methoxy groups -OCH3 is 1. The molecule has 1 fully saturated rings. The Morgan fingerprint density at radius 3 is 2.94 bits per heavy atom. The van der Waals surface area contributed by atoms with Crippen molar-refractivity contribution in [2.45, 2.75) is 12.5 Å². The summed E-state index contributed by atoms with van der Waals surface area (Å²) in [6.45, 7) is 0.518. The van der Waals surface area contributed by atoms with E-state index in [0.29, 0.717) is 13.0 Å². The lowest BCUT2D eigenvalue weighted by molar-refractivity contribution is -0.141. The Balaban J connectivity index is 2.20. The first kappa shape index (κ1) is 12.4. The van der Waals surface area contributed by atoms with Gasteiger partial charge in [-0.1, -0.05) is 15.9 Å². The van der Waals surface area contributed by atoms with Crippen LogP contribution in [0.4, 0.5) is 0 Å². The standard InChI is InChI=1S/C12H14BrNO3/c1-17-8-2-3-10(13)9(5-8)11-4-7(6-14-11)12(15)16/h2-3,5,7,11,14H,4,6H2,1H3,(H,15,16). The van der Waals surface area contributed by atoms with E-state index in [9.17, 15) is 4.79 Å². The number of rotatable bonds is 3. The zero-order chi connectivity index (χ0) is 12.4. The van der Waals surface area contributed by atoms with Gasteiger partial charge in [-0.2, -0.15) is 0 Å². The first-order valence-corrected chi connectivity index (χ1v) is 6.20. The third kappa shape index (κ3) is 2.61. The van der Waals surface area contributed by atoms with Gasteiger partial charge in [-0.25, -0.2) is 0 Å². The Kier molecular flexibility index (Phi) is 3.69. The minimum atomic E-state index is -0.737. The van der Waals surface area contributed by atoms with Gasteiger partial charge >= 0.3 is 5.97 Å². The number of nitrogens with one attached hydrogen (secondary N) is 1. The maximum Gasteiger partial charge on any atom is 0.307 e. The number of hydrogen-bond donors (Lipinski definition) is 2. The average Bonchev–Trinajstić information content (AvgIpc) is 2.79. The second-order valence-corrected chi connectivity index (χ2v) is 4.97. The molecule has 2 N–H and O–H groups in total. The number of hydrogen-bond acceptors (Lipinski definition) is 3. The topological polar surface area (TPSA) is 58.6 Å². The monoisotopic (exact) mass is 299 g/mol. The van der Waals surface area contributed by atoms with E-state index in [1.807, 2.05) is 18.2 Å². The maximum atomic E-state index is 10.9. The first-order valence-electron chi connectivity index (χ1n) is 5.41. The van der Waals surface area contributed by atoms with Crippen molar-refractivity contribution < 1.29 is 14.6 Å². The van der Waals surface area contributed by atoms with Gasteiger partial charge in [-0.05, 0) is 30.2 Å². The summed E-state index contributed by atoms with van der Waals surface area (Å²) in [7, 11) is 1.62. The lowest BCUT2D eigenvalue weighted by atomic mass is 10.00. The molecule has 2 rings (SSSR count). The van der Waals surface area contributed by atoms with Crippen LogP contribution in [0.5, 0.6) is 5.75 Å². The molecule has 2 atom stereocenters. The van der Waals surface area contributed by atoms with Gasteiger partial charge < -0.3 is 15.2 Å². The van der Waals surface area contributed by atoms with Crippen molar-refractivity contribution >= 4 is 21.9 Å². The molecule has 2 unspecified atom stereocenters. The van der Waals surface area contributed by atoms with Gasteiger partial charge in [-0.3, -0.25) is 4.79 Å². The van der Waals surface area contributed by atoms with Crippen molar-refractivity contribution in [3.63, 3.8) is 0 Å². The Bertz CT molecular complexity index is 436. The van der Waals surface area contributed by atoms with E-state index < -0.39 is 5.97 Å². The molecule has 1 aliphatic rings. The van der Waals surface area contributed by atoms with Crippen LogP contribution in [0, 0.1) is 5.92 Å². The molecule has 17 heavy (non-hydrogen) atoms. The predicted molar refractivity (Wildman–Crippen MR) is 67.2 cm³/mol. The molecule has 0 amide bonds. The molecule has 0 saturated carbocycles. The SMILES string of the molecule is COc1ccc(Br)c(C2CC(C(=O)O)CN2)c1. The largest absolute Gasteiger partial charge is 0.497 e. The van der Waals surface area contributed by atoms with Gasteiger partial charge in [-0.15, -0.1) is 0 Å². The average molecular weight is 300 g/mol. The van der Waals surface area contributed by atoms with E-state index in [4.69, 9.17) is 9.84 Å². The molecular weight excluding hydrogens is 286 g/mol. The fourth-order valence-corrected chi connectivity index (χ4v) is 2.60. The van der Waals surface area contributed by atoms with Crippen LogP contribution in [-0.2, 0) is 4.79 Å². The lowest BCUT2D eigenvalue weighted by Crippen LogP contribution is -2.17. The molecule has 1 saturated heterocycles. The van der Waals surface area contributed by atoms with Crippen LogP contribution in [0.3, 0.4) is 0 Å². The summed E-state index contributed by atoms with van der Waals surface area (Å²) in [4.78, 5) is 10.9. The predicted octanol–water partition coefficient (Wildman–Crippen LogP) is 2.19. The van der Waals surface area contributed by atoms with E-state index in [1.54, 1.807) is 7.11 Å². The second-order valence-electron chi connectivity index (χ2n) is 4.12. The van der Waals surface area contributed by atoms with Crippen molar-refractivity contribution in [3.8, 4) is 5.75 Å². The van der Waals surface area contributed by atoms with Gasteiger partial charge in [0.1, 0.15) is 5.75 Å². The van der Waals surface area contributed by atoms with E-state index in [0.717, 1.165) is 15.8 Å². The highest BCUT2D eigenvalue weighted by Gasteiger charge is 2.31. The van der Waals surface area contributed by atoms with Crippen molar-refractivity contribution in [2.75, 3.05) is 13.7 Å². The highest BCUT2D eigenvalue weighted by molar-refractivity contribution is 9.10. The third-order valence-corrected chi connectivity index (χ3v) is 3.78. The van der Waals surface area contributed by atoms with E-state index >= 15 is 0 Å². The molecule has 0 radical (unpaired) electrons. The van der Waals surface area contributed by atoms with Crippen molar-refractivity contribution in [2.24, 2.45) is 5.92 Å². The molecule has 1 aromatic carbocycles. The number of benzene rings is 1. The number of halogens is 1. The van der Waals surface area contributed by atoms with Crippen molar-refractivity contribution in [3.05, 3.63) is 28.2 Å². The van der Waals surface area contributed by atoms with Crippen LogP contribution >= 0.6 is 15.9 Å². The van der Waals surface area contributed by atoms with Gasteiger partial charge in [0, 0.05) is 17.1 Å². The lowest BCUT2D eigenvalue weighted by Gasteiger charge is -2.14. The van der Waals surface area contributed by atoms with Crippen LogP contribution in [0.15, 0.2) is 22.7 Å². The normalized spacial score (nSPS) is 23.6. The summed E-state index contributed by atoms with van der Waals surface area (Å²) < 4.78 is 6.15. The van der Waals surface area contributed by atoms with Crippen molar-refractivity contribution in [1.82, 2.24) is 5.32 Å².